The van der Waals surface area contributed by atoms with Crippen molar-refractivity contribution in [1.82, 2.24) is 4.90 Å². The van der Waals surface area contributed by atoms with E-state index in [9.17, 15) is 19.2 Å². The zero-order valence-electron chi connectivity index (χ0n) is 25.6. The summed E-state index contributed by atoms with van der Waals surface area (Å²) < 4.78 is 0. The highest BCUT2D eigenvalue weighted by molar-refractivity contribution is 5.76. The molecule has 0 aromatic carbocycles. The average Bonchev–Trinajstić information content (AvgIpc) is 3.20. The Bertz CT molecular complexity index is 627. The first kappa shape index (κ1) is 37.9. The lowest BCUT2D eigenvalue weighted by atomic mass is 10.0. The van der Waals surface area contributed by atoms with Crippen LogP contribution in [-0.4, -0.2) is 41.6 Å². The van der Waals surface area contributed by atoms with Gasteiger partial charge in [0, 0.05) is 38.8 Å². The third-order valence-corrected chi connectivity index (χ3v) is 7.62. The molecule has 0 aliphatic carbocycles. The quantitative estimate of drug-likeness (QED) is 0.116. The van der Waals surface area contributed by atoms with E-state index < -0.39 is 0 Å². The van der Waals surface area contributed by atoms with Gasteiger partial charge in [-0.2, -0.15) is 0 Å². The molecule has 0 unspecified atom stereocenters. The molecule has 0 aromatic rings. The van der Waals surface area contributed by atoms with Crippen molar-refractivity contribution in [3.63, 3.8) is 0 Å². The maximum absolute atomic E-state index is 12.2. The Morgan fingerprint density at radius 2 is 0.625 bits per heavy atom. The van der Waals surface area contributed by atoms with E-state index in [4.69, 9.17) is 17.2 Å². The molecule has 1 saturated heterocycles. The Morgan fingerprint density at radius 1 is 0.375 bits per heavy atom. The minimum absolute atomic E-state index is 0.177. The monoisotopic (exact) mass is 566 g/mol. The second-order valence-corrected chi connectivity index (χ2v) is 11.6. The molecule has 8 nitrogen and oxygen atoms in total. The van der Waals surface area contributed by atoms with Crippen molar-refractivity contribution in [2.24, 2.45) is 17.2 Å². The Kier molecular flexibility index (Phi) is 26.9. The molecule has 6 N–H and O–H groups in total. The molecule has 234 valence electrons. The number of nitrogens with two attached hydrogens (primary N) is 3. The Balaban J connectivity index is 0.000000829. The van der Waals surface area contributed by atoms with E-state index in [2.05, 4.69) is 4.90 Å². The van der Waals surface area contributed by atoms with Crippen LogP contribution in [0.5, 0.6) is 0 Å². The number of hydrogen-bond acceptors (Lipinski definition) is 4. The van der Waals surface area contributed by atoms with Gasteiger partial charge >= 0.3 is 0 Å². The molecule has 0 spiro atoms. The third kappa shape index (κ3) is 28.9. The lowest BCUT2D eigenvalue weighted by Gasteiger charge is -2.20. The van der Waals surface area contributed by atoms with Gasteiger partial charge in [-0.25, -0.2) is 0 Å². The molecule has 0 atom stereocenters. The van der Waals surface area contributed by atoms with Crippen molar-refractivity contribution in [3.8, 4) is 0 Å². The van der Waals surface area contributed by atoms with Crippen molar-refractivity contribution in [1.29, 1.82) is 0 Å². The molecule has 40 heavy (non-hydrogen) atoms. The molecule has 1 fully saturated rings. The number of nitrogens with zero attached hydrogens (tertiary/aromatic N) is 1. The van der Waals surface area contributed by atoms with E-state index in [0.717, 1.165) is 64.5 Å². The first-order chi connectivity index (χ1) is 19.3. The molecule has 1 rings (SSSR count). The van der Waals surface area contributed by atoms with E-state index in [1.165, 1.54) is 96.3 Å². The summed E-state index contributed by atoms with van der Waals surface area (Å²) in [5.41, 5.74) is 15.2. The second-order valence-electron chi connectivity index (χ2n) is 11.6. The molecular weight excluding hydrogens is 504 g/mol. The molecule has 0 saturated carbocycles. The SMILES string of the molecule is NC(=O)CCCCCCCCCCC(N)=O.NC(=O)CCCCCCCCCCCCC(=O)N1CCCCCC1. The first-order valence-electron chi connectivity index (χ1n) is 16.5. The van der Waals surface area contributed by atoms with Crippen molar-refractivity contribution >= 4 is 23.6 Å². The van der Waals surface area contributed by atoms with Crippen LogP contribution in [0, 0.1) is 0 Å². The fraction of sp³-hybridized carbons (Fsp3) is 0.875. The van der Waals surface area contributed by atoms with Gasteiger partial charge in [0.15, 0.2) is 0 Å². The lowest BCUT2D eigenvalue weighted by molar-refractivity contribution is -0.131. The summed E-state index contributed by atoms with van der Waals surface area (Å²) in [7, 11) is 0. The van der Waals surface area contributed by atoms with E-state index in [0.29, 0.717) is 25.2 Å². The van der Waals surface area contributed by atoms with Gasteiger partial charge in [0.25, 0.3) is 0 Å². The predicted octanol–water partition coefficient (Wildman–Crippen LogP) is 6.41. The zero-order valence-corrected chi connectivity index (χ0v) is 25.6. The molecule has 1 aliphatic heterocycles. The number of carbonyl (C=O) groups excluding carboxylic acids is 4. The van der Waals surface area contributed by atoms with Crippen LogP contribution in [0.2, 0.25) is 0 Å². The van der Waals surface area contributed by atoms with E-state index in [1.807, 2.05) is 0 Å². The summed E-state index contributed by atoms with van der Waals surface area (Å²) in [6, 6.07) is 0. The molecule has 1 aliphatic rings. The maximum atomic E-state index is 12.2. The largest absolute Gasteiger partial charge is 0.370 e. The Morgan fingerprint density at radius 3 is 0.900 bits per heavy atom. The molecule has 1 heterocycles. The number of primary amides is 3. The minimum atomic E-state index is -0.202. The van der Waals surface area contributed by atoms with Gasteiger partial charge in [-0.05, 0) is 38.5 Å². The number of amides is 4. The van der Waals surface area contributed by atoms with Crippen LogP contribution in [-0.2, 0) is 19.2 Å². The van der Waals surface area contributed by atoms with Gasteiger partial charge in [0.1, 0.15) is 0 Å². The summed E-state index contributed by atoms with van der Waals surface area (Å²) in [6.45, 7) is 1.97. The van der Waals surface area contributed by atoms with Crippen LogP contribution < -0.4 is 17.2 Å². The summed E-state index contributed by atoms with van der Waals surface area (Å²) in [4.78, 5) is 45.7. The van der Waals surface area contributed by atoms with Gasteiger partial charge in [0.05, 0.1) is 0 Å². The van der Waals surface area contributed by atoms with Gasteiger partial charge in [-0.1, -0.05) is 103 Å². The fourth-order valence-corrected chi connectivity index (χ4v) is 5.13. The predicted molar refractivity (Wildman–Crippen MR) is 164 cm³/mol. The van der Waals surface area contributed by atoms with Crippen LogP contribution in [0.25, 0.3) is 0 Å². The van der Waals surface area contributed by atoms with Gasteiger partial charge < -0.3 is 22.1 Å². The number of likely N-dealkylation sites (tertiary alicyclic amines) is 1. The number of rotatable bonds is 24. The smallest absolute Gasteiger partial charge is 0.222 e. The number of carbonyl (C=O) groups is 4. The van der Waals surface area contributed by atoms with Gasteiger partial charge in [0.2, 0.25) is 23.6 Å². The zero-order chi connectivity index (χ0) is 29.7. The minimum Gasteiger partial charge on any atom is -0.370 e. The number of unbranched alkanes of at least 4 members (excludes halogenated alkanes) is 16. The van der Waals surface area contributed by atoms with Crippen LogP contribution in [0.15, 0.2) is 0 Å². The Labute approximate surface area is 244 Å². The molecule has 8 heteroatoms. The molecule has 0 aromatic heterocycles. The highest BCUT2D eigenvalue weighted by Gasteiger charge is 2.14. The van der Waals surface area contributed by atoms with Crippen molar-refractivity contribution in [3.05, 3.63) is 0 Å². The van der Waals surface area contributed by atoms with E-state index >= 15 is 0 Å². The summed E-state index contributed by atoms with van der Waals surface area (Å²) in [5, 5.41) is 0. The van der Waals surface area contributed by atoms with Crippen LogP contribution in [0.1, 0.15) is 167 Å². The lowest BCUT2D eigenvalue weighted by Crippen LogP contribution is -2.31. The van der Waals surface area contributed by atoms with Crippen molar-refractivity contribution < 1.29 is 19.2 Å². The first-order valence-corrected chi connectivity index (χ1v) is 16.5. The summed E-state index contributed by atoms with van der Waals surface area (Å²) >= 11 is 0. The Hall–Kier alpha value is -2.12. The molecule has 4 amide bonds. The van der Waals surface area contributed by atoms with Crippen LogP contribution in [0.4, 0.5) is 0 Å². The average molecular weight is 567 g/mol. The summed E-state index contributed by atoms with van der Waals surface area (Å²) in [5.74, 6) is -0.199. The van der Waals surface area contributed by atoms with E-state index in [1.54, 1.807) is 0 Å². The molecule has 0 bridgehead atoms. The highest BCUT2D eigenvalue weighted by atomic mass is 16.2. The maximum Gasteiger partial charge on any atom is 0.222 e. The normalized spacial score (nSPS) is 13.2. The highest BCUT2D eigenvalue weighted by Crippen LogP contribution is 2.15. The van der Waals surface area contributed by atoms with Crippen molar-refractivity contribution in [2.75, 3.05) is 13.1 Å². The van der Waals surface area contributed by atoms with Crippen molar-refractivity contribution in [2.45, 2.75) is 167 Å². The van der Waals surface area contributed by atoms with Crippen LogP contribution >= 0.6 is 0 Å². The summed E-state index contributed by atoms with van der Waals surface area (Å²) in [6.07, 6.45) is 28.0. The van der Waals surface area contributed by atoms with Gasteiger partial charge in [-0.15, -0.1) is 0 Å². The van der Waals surface area contributed by atoms with Crippen LogP contribution in [0.3, 0.4) is 0 Å². The third-order valence-electron chi connectivity index (χ3n) is 7.62. The van der Waals surface area contributed by atoms with E-state index in [-0.39, 0.29) is 17.7 Å². The van der Waals surface area contributed by atoms with Gasteiger partial charge in [-0.3, -0.25) is 19.2 Å². The molecular formula is C32H62N4O4. The molecule has 0 radical (unpaired) electrons. The second kappa shape index (κ2) is 28.4. The number of hydrogen-bond donors (Lipinski definition) is 3. The fourth-order valence-electron chi connectivity index (χ4n) is 5.13. The topological polar surface area (TPSA) is 150 Å². The standard InChI is InChI=1S/C20H38N2O2.C12H24N2O2/c21-19(23)15-11-7-5-3-1-2-4-6-8-12-16-20(24)22-17-13-9-10-14-18-22;13-11(15)9-7-5-3-1-2-4-6-8-10-12(14)16/h1-18H2,(H2,21,23);1-10H2,(H2,13,15)(H2,14,16).